The third kappa shape index (κ3) is 3.80. The molecule has 7 nitrogen and oxygen atoms in total. The van der Waals surface area contributed by atoms with Gasteiger partial charge in [-0.05, 0) is 30.7 Å². The van der Waals surface area contributed by atoms with Gasteiger partial charge in [-0.25, -0.2) is 17.8 Å². The molecule has 9 heteroatoms. The van der Waals surface area contributed by atoms with Gasteiger partial charge >= 0.3 is 0 Å². The molecule has 3 N–H and O–H groups in total. The maximum Gasteiger partial charge on any atom is 0.183 e. The molecule has 0 amide bonds. The highest BCUT2D eigenvalue weighted by molar-refractivity contribution is 7.91. The highest BCUT2D eigenvalue weighted by Crippen LogP contribution is 2.32. The summed E-state index contributed by atoms with van der Waals surface area (Å²) in [6.07, 6.45) is 0. The van der Waals surface area contributed by atoms with Crippen LogP contribution in [-0.4, -0.2) is 51.0 Å². The number of hydrogen-bond donors (Lipinski definition) is 2. The first-order valence-electron chi connectivity index (χ1n) is 10.5. The first-order valence-corrected chi connectivity index (χ1v) is 12.2. The number of aromatic nitrogens is 1. The molecule has 168 valence electrons. The van der Waals surface area contributed by atoms with E-state index in [1.807, 2.05) is 30.0 Å². The predicted octanol–water partition coefficient (Wildman–Crippen LogP) is 2.62. The highest BCUT2D eigenvalue weighted by atomic mass is 32.2. The van der Waals surface area contributed by atoms with Crippen molar-refractivity contribution in [3.05, 3.63) is 59.4 Å². The van der Waals surface area contributed by atoms with E-state index in [9.17, 15) is 12.8 Å². The summed E-state index contributed by atoms with van der Waals surface area (Å²) in [5, 5.41) is 4.41. The molecule has 2 aromatic carbocycles. The lowest BCUT2D eigenvalue weighted by molar-refractivity contribution is -0.0461. The summed E-state index contributed by atoms with van der Waals surface area (Å²) in [5.41, 5.74) is 9.11. The number of nitrogens with zero attached hydrogens (tertiary/aromatic N) is 2. The predicted molar refractivity (Wildman–Crippen MR) is 122 cm³/mol. The molecule has 0 saturated carbocycles. The van der Waals surface area contributed by atoms with Gasteiger partial charge in [0, 0.05) is 36.8 Å². The van der Waals surface area contributed by atoms with Crippen LogP contribution in [0.1, 0.15) is 11.1 Å². The van der Waals surface area contributed by atoms with Crippen molar-refractivity contribution in [3.63, 3.8) is 0 Å². The van der Waals surface area contributed by atoms with Gasteiger partial charge in [-0.1, -0.05) is 23.8 Å². The topological polar surface area (TPSA) is 97.6 Å². The Morgan fingerprint density at radius 3 is 2.81 bits per heavy atom. The van der Waals surface area contributed by atoms with E-state index in [1.165, 1.54) is 12.1 Å². The van der Waals surface area contributed by atoms with Gasteiger partial charge in [0.25, 0.3) is 0 Å². The molecule has 2 aliphatic rings. The fraction of sp³-hybridized carbons (Fsp3) is 0.348. The van der Waals surface area contributed by atoms with Gasteiger partial charge in [0.2, 0.25) is 0 Å². The number of rotatable bonds is 4. The quantitative estimate of drug-likeness (QED) is 0.623. The summed E-state index contributed by atoms with van der Waals surface area (Å²) < 4.78 is 45.1. The summed E-state index contributed by atoms with van der Waals surface area (Å²) in [7, 11) is -3.72. The van der Waals surface area contributed by atoms with Crippen LogP contribution in [0.3, 0.4) is 0 Å². The van der Waals surface area contributed by atoms with Gasteiger partial charge in [-0.3, -0.25) is 0 Å². The molecule has 3 aromatic rings. The van der Waals surface area contributed by atoms with Gasteiger partial charge in [0.05, 0.1) is 30.0 Å². The molecule has 2 aliphatic heterocycles. The maximum absolute atomic E-state index is 14.4. The van der Waals surface area contributed by atoms with Crippen LogP contribution in [0.5, 0.6) is 0 Å². The Labute approximate surface area is 186 Å². The lowest BCUT2D eigenvalue weighted by Crippen LogP contribution is -2.61. The number of fused-ring (bicyclic) bond motifs is 2. The fourth-order valence-corrected chi connectivity index (χ4v) is 5.77. The number of nitrogens with one attached hydrogen (secondary N) is 1. The number of halogens is 1. The molecule has 0 aliphatic carbocycles. The van der Waals surface area contributed by atoms with Crippen LogP contribution >= 0.6 is 0 Å². The van der Waals surface area contributed by atoms with E-state index in [0.29, 0.717) is 31.1 Å². The van der Waals surface area contributed by atoms with Crippen molar-refractivity contribution < 1.29 is 17.5 Å². The largest absolute Gasteiger partial charge is 0.382 e. The molecule has 5 rings (SSSR count). The van der Waals surface area contributed by atoms with Gasteiger partial charge in [0.15, 0.2) is 9.84 Å². The Morgan fingerprint density at radius 2 is 2.06 bits per heavy atom. The molecule has 0 bridgehead atoms. The van der Waals surface area contributed by atoms with Crippen LogP contribution in [0.4, 0.5) is 15.9 Å². The Hall–Kier alpha value is -2.75. The second-order valence-electron chi connectivity index (χ2n) is 8.73. The molecule has 0 radical (unpaired) electrons. The van der Waals surface area contributed by atoms with Crippen molar-refractivity contribution in [2.24, 2.45) is 5.73 Å². The summed E-state index contributed by atoms with van der Waals surface area (Å²) in [6.45, 7) is 4.04. The molecule has 3 heterocycles. The zero-order valence-corrected chi connectivity index (χ0v) is 18.6. The number of hydrogen-bond acceptors (Lipinski definition) is 7. The number of aryl methyl sites for hydroxylation is 1. The van der Waals surface area contributed by atoms with Crippen molar-refractivity contribution in [1.82, 2.24) is 4.98 Å². The van der Waals surface area contributed by atoms with E-state index in [2.05, 4.69) is 11.4 Å². The van der Waals surface area contributed by atoms with E-state index < -0.39 is 21.2 Å². The minimum Gasteiger partial charge on any atom is -0.382 e. The van der Waals surface area contributed by atoms with Crippen molar-refractivity contribution >= 4 is 32.2 Å². The summed E-state index contributed by atoms with van der Waals surface area (Å²) in [4.78, 5) is 6.49. The number of pyridine rings is 1. The number of nitrogens with two attached hydrogens (primary N) is 1. The molecule has 1 aromatic heterocycles. The Morgan fingerprint density at radius 1 is 1.25 bits per heavy atom. The fourth-order valence-electron chi connectivity index (χ4n) is 4.21. The smallest absolute Gasteiger partial charge is 0.183 e. The van der Waals surface area contributed by atoms with E-state index >= 15 is 0 Å². The van der Waals surface area contributed by atoms with Gasteiger partial charge in [-0.2, -0.15) is 0 Å². The minimum atomic E-state index is -3.72. The number of sulfone groups is 1. The lowest BCUT2D eigenvalue weighted by Gasteiger charge is -2.38. The molecular weight excluding hydrogens is 431 g/mol. The molecule has 32 heavy (non-hydrogen) atoms. The molecule has 1 saturated heterocycles. The first-order chi connectivity index (χ1) is 15.2. The van der Waals surface area contributed by atoms with E-state index in [-0.39, 0.29) is 23.7 Å². The molecule has 0 unspecified atom stereocenters. The van der Waals surface area contributed by atoms with Crippen molar-refractivity contribution in [2.75, 3.05) is 42.3 Å². The van der Waals surface area contributed by atoms with Gasteiger partial charge < -0.3 is 20.7 Å². The van der Waals surface area contributed by atoms with Crippen LogP contribution < -0.4 is 16.0 Å². The molecule has 0 spiro atoms. The average Bonchev–Trinajstić information content (AvgIpc) is 2.87. The molecule has 0 atom stereocenters. The van der Waals surface area contributed by atoms with Crippen LogP contribution in [-0.2, 0) is 21.1 Å². The van der Waals surface area contributed by atoms with Crippen LogP contribution in [0.15, 0.2) is 47.4 Å². The highest BCUT2D eigenvalue weighted by Gasteiger charge is 2.34. The Bertz CT molecular complexity index is 1310. The van der Waals surface area contributed by atoms with Crippen molar-refractivity contribution in [2.45, 2.75) is 23.9 Å². The molecule has 1 fully saturated rings. The first kappa shape index (κ1) is 21.1. The third-order valence-corrected chi connectivity index (χ3v) is 7.83. The summed E-state index contributed by atoms with van der Waals surface area (Å²) in [5.74, 6) is -0.252. The molecular formula is C23H25FN4O3S. The Kier molecular flexibility index (Phi) is 5.07. The van der Waals surface area contributed by atoms with Crippen LogP contribution in [0.25, 0.3) is 10.9 Å². The van der Waals surface area contributed by atoms with Crippen molar-refractivity contribution in [3.8, 4) is 0 Å². The standard InChI is InChI=1S/C23H25FN4O3S/c1-15-5-6-19-17(9-15)20(26-12-23(25)13-31-14-23)10-21(27-19)28-7-8-32(29,30)22-16(11-28)3-2-4-18(22)24/h2-6,9-10H,7-8,11-14,25H2,1H3,(H,26,27). The second kappa shape index (κ2) is 7.68. The van der Waals surface area contributed by atoms with Gasteiger partial charge in [-0.15, -0.1) is 0 Å². The second-order valence-corrected chi connectivity index (χ2v) is 10.8. The van der Waals surface area contributed by atoms with Crippen molar-refractivity contribution in [1.29, 1.82) is 0 Å². The Balaban J connectivity index is 1.56. The number of benzene rings is 2. The average molecular weight is 457 g/mol. The maximum atomic E-state index is 14.4. The van der Waals surface area contributed by atoms with E-state index in [1.54, 1.807) is 6.07 Å². The SMILES string of the molecule is Cc1ccc2nc(N3CCS(=O)(=O)c4c(F)cccc4C3)cc(NCC3(N)COC3)c2c1. The van der Waals surface area contributed by atoms with E-state index in [4.69, 9.17) is 15.5 Å². The van der Waals surface area contributed by atoms with Crippen LogP contribution in [0, 0.1) is 12.7 Å². The number of ether oxygens (including phenoxy) is 1. The van der Waals surface area contributed by atoms with E-state index in [0.717, 1.165) is 22.2 Å². The normalized spacial score (nSPS) is 19.2. The third-order valence-electron chi connectivity index (χ3n) is 6.04. The minimum absolute atomic E-state index is 0.180. The summed E-state index contributed by atoms with van der Waals surface area (Å²) >= 11 is 0. The van der Waals surface area contributed by atoms with Gasteiger partial charge in [0.1, 0.15) is 16.5 Å². The number of anilines is 2. The summed E-state index contributed by atoms with van der Waals surface area (Å²) in [6, 6.07) is 12.3. The zero-order valence-electron chi connectivity index (χ0n) is 17.8. The lowest BCUT2D eigenvalue weighted by atomic mass is 9.99. The van der Waals surface area contributed by atoms with Crippen LogP contribution in [0.2, 0.25) is 0 Å². The zero-order chi connectivity index (χ0) is 22.5. The monoisotopic (exact) mass is 456 g/mol.